The van der Waals surface area contributed by atoms with Gasteiger partial charge in [0.1, 0.15) is 9.84 Å². The van der Waals surface area contributed by atoms with Crippen LogP contribution in [-0.4, -0.2) is 46.8 Å². The maximum atomic E-state index is 11.9. The van der Waals surface area contributed by atoms with Gasteiger partial charge in [0.2, 0.25) is 10.0 Å². The second kappa shape index (κ2) is 7.34. The number of hydrogen-bond acceptors (Lipinski definition) is 5. The van der Waals surface area contributed by atoms with Crippen molar-refractivity contribution in [3.63, 3.8) is 0 Å². The minimum atomic E-state index is -3.81. The Morgan fingerprint density at radius 2 is 1.76 bits per heavy atom. The van der Waals surface area contributed by atoms with Crippen molar-refractivity contribution in [2.75, 3.05) is 25.1 Å². The van der Waals surface area contributed by atoms with E-state index in [2.05, 4.69) is 4.90 Å². The zero-order valence-electron chi connectivity index (χ0n) is 15.1. The van der Waals surface area contributed by atoms with Crippen LogP contribution < -0.4 is 5.14 Å². The molecule has 0 aromatic heterocycles. The van der Waals surface area contributed by atoms with Crippen molar-refractivity contribution in [2.45, 2.75) is 43.5 Å². The lowest BCUT2D eigenvalue weighted by atomic mass is 9.79. The van der Waals surface area contributed by atoms with Gasteiger partial charge >= 0.3 is 0 Å². The van der Waals surface area contributed by atoms with Crippen LogP contribution >= 0.6 is 0 Å². The van der Waals surface area contributed by atoms with Crippen molar-refractivity contribution >= 4 is 19.9 Å². The van der Waals surface area contributed by atoms with Gasteiger partial charge in [-0.2, -0.15) is 0 Å². The summed E-state index contributed by atoms with van der Waals surface area (Å²) in [4.78, 5) is 2.34. The average molecular weight is 389 g/mol. The zero-order chi connectivity index (χ0) is 18.9. The van der Waals surface area contributed by atoms with E-state index in [0.29, 0.717) is 0 Å². The molecule has 0 bridgehead atoms. The van der Waals surface area contributed by atoms with Gasteiger partial charge in [0.25, 0.3) is 0 Å². The fourth-order valence-electron chi connectivity index (χ4n) is 3.74. The van der Waals surface area contributed by atoms with Gasteiger partial charge in [0.05, 0.1) is 10.6 Å². The lowest BCUT2D eigenvalue weighted by Crippen LogP contribution is -2.52. The largest absolute Gasteiger partial charge is 0.294 e. The molecule has 1 aromatic rings. The molecule has 0 amide bonds. The first-order valence-electron chi connectivity index (χ1n) is 8.51. The van der Waals surface area contributed by atoms with E-state index in [1.54, 1.807) is 12.1 Å². The summed E-state index contributed by atoms with van der Waals surface area (Å²) in [5.41, 5.74) is 0.210. The average Bonchev–Trinajstić information content (AvgIpc) is 2.52. The van der Waals surface area contributed by atoms with Gasteiger partial charge in [0, 0.05) is 11.8 Å². The summed E-state index contributed by atoms with van der Waals surface area (Å²) in [7, 11) is -6.98. The molecule has 1 heterocycles. The number of sulfone groups is 1. The highest BCUT2D eigenvalue weighted by atomic mass is 32.2. The molecule has 0 aliphatic carbocycles. The zero-order valence-corrected chi connectivity index (χ0v) is 16.7. The van der Waals surface area contributed by atoms with Crippen molar-refractivity contribution in [3.8, 4) is 0 Å². The van der Waals surface area contributed by atoms with E-state index in [4.69, 9.17) is 5.14 Å². The minimum Gasteiger partial charge on any atom is -0.294 e. The third kappa shape index (κ3) is 4.81. The lowest BCUT2D eigenvalue weighted by Gasteiger charge is -2.47. The van der Waals surface area contributed by atoms with Crippen molar-refractivity contribution in [1.29, 1.82) is 0 Å². The van der Waals surface area contributed by atoms with Crippen LogP contribution in [0.15, 0.2) is 29.2 Å². The Balaban J connectivity index is 2.54. The highest BCUT2D eigenvalue weighted by molar-refractivity contribution is 7.90. The standard InChI is InChI=1S/C17H28N2O4S2/c1-14(13-24(3,20)21)17(2,19-10-5-4-6-11-19)15-8-7-9-16(12-15)25(18,22)23/h7-9,12,14H,4-6,10-11,13H2,1-3H3,(H2,18,22,23)/t14?,17-/m1/s1. The number of likely N-dealkylation sites (tertiary alicyclic amines) is 1. The number of sulfonamides is 1. The van der Waals surface area contributed by atoms with Crippen LogP contribution in [0.5, 0.6) is 0 Å². The van der Waals surface area contributed by atoms with E-state index in [9.17, 15) is 16.8 Å². The molecular formula is C17H28N2O4S2. The van der Waals surface area contributed by atoms with E-state index < -0.39 is 25.4 Å². The third-order valence-corrected chi connectivity index (χ3v) is 7.29. The van der Waals surface area contributed by atoms with E-state index in [-0.39, 0.29) is 16.6 Å². The molecule has 0 spiro atoms. The Bertz CT molecular complexity index is 815. The van der Waals surface area contributed by atoms with Crippen LogP contribution in [0.2, 0.25) is 0 Å². The first kappa shape index (κ1) is 20.4. The number of piperidine rings is 1. The number of benzene rings is 1. The quantitative estimate of drug-likeness (QED) is 0.800. The Labute approximate surface area is 151 Å². The second-order valence-corrected chi connectivity index (χ2v) is 11.0. The number of nitrogens with zero attached hydrogens (tertiary/aromatic N) is 1. The van der Waals surface area contributed by atoms with Crippen LogP contribution in [0.1, 0.15) is 38.7 Å². The van der Waals surface area contributed by atoms with Crippen LogP contribution in [-0.2, 0) is 25.4 Å². The Hall–Kier alpha value is -0.960. The first-order valence-corrected chi connectivity index (χ1v) is 12.1. The topological polar surface area (TPSA) is 97.5 Å². The third-order valence-electron chi connectivity index (χ3n) is 5.27. The lowest BCUT2D eigenvalue weighted by molar-refractivity contribution is 0.0402. The fourth-order valence-corrected chi connectivity index (χ4v) is 5.53. The summed E-state index contributed by atoms with van der Waals surface area (Å²) in [6, 6.07) is 6.59. The molecule has 142 valence electrons. The molecule has 1 unspecified atom stereocenters. The second-order valence-electron chi connectivity index (χ2n) is 7.26. The van der Waals surface area contributed by atoms with E-state index in [0.717, 1.165) is 37.9 Å². The van der Waals surface area contributed by atoms with Crippen LogP contribution in [0.25, 0.3) is 0 Å². The Morgan fingerprint density at radius 3 is 2.28 bits per heavy atom. The highest BCUT2D eigenvalue weighted by Gasteiger charge is 2.41. The van der Waals surface area contributed by atoms with Gasteiger partial charge in [-0.25, -0.2) is 22.0 Å². The van der Waals surface area contributed by atoms with Crippen LogP contribution in [0.3, 0.4) is 0 Å². The number of rotatable bonds is 6. The van der Waals surface area contributed by atoms with Gasteiger partial charge in [-0.05, 0) is 56.5 Å². The van der Waals surface area contributed by atoms with Gasteiger partial charge < -0.3 is 0 Å². The number of nitrogens with two attached hydrogens (primary N) is 1. The summed E-state index contributed by atoms with van der Waals surface area (Å²) in [6.45, 7) is 5.66. The molecular weight excluding hydrogens is 360 g/mol. The first-order chi connectivity index (χ1) is 11.4. The van der Waals surface area contributed by atoms with Crippen molar-refractivity contribution in [2.24, 2.45) is 11.1 Å². The molecule has 1 fully saturated rings. The van der Waals surface area contributed by atoms with E-state index >= 15 is 0 Å². The molecule has 8 heteroatoms. The maximum Gasteiger partial charge on any atom is 0.238 e. The van der Waals surface area contributed by atoms with Crippen molar-refractivity contribution in [3.05, 3.63) is 29.8 Å². The Morgan fingerprint density at radius 1 is 1.16 bits per heavy atom. The van der Waals surface area contributed by atoms with Crippen molar-refractivity contribution < 1.29 is 16.8 Å². The van der Waals surface area contributed by atoms with E-state index in [1.807, 2.05) is 19.9 Å². The molecule has 1 aliphatic rings. The summed E-state index contributed by atoms with van der Waals surface area (Å²) >= 11 is 0. The normalized spacial score (nSPS) is 20.8. The molecule has 1 aromatic carbocycles. The highest BCUT2D eigenvalue weighted by Crippen LogP contribution is 2.39. The molecule has 2 atom stereocenters. The van der Waals surface area contributed by atoms with Gasteiger partial charge in [-0.1, -0.05) is 25.5 Å². The predicted molar refractivity (Wildman–Crippen MR) is 99.5 cm³/mol. The number of primary sulfonamides is 1. The van der Waals surface area contributed by atoms with Crippen LogP contribution in [0.4, 0.5) is 0 Å². The van der Waals surface area contributed by atoms with E-state index in [1.165, 1.54) is 12.3 Å². The van der Waals surface area contributed by atoms with Gasteiger partial charge in [0.15, 0.2) is 0 Å². The maximum absolute atomic E-state index is 11.9. The summed E-state index contributed by atoms with van der Waals surface area (Å²) in [5, 5.41) is 5.29. The molecule has 2 rings (SSSR count). The molecule has 0 saturated carbocycles. The van der Waals surface area contributed by atoms with Gasteiger partial charge in [-0.3, -0.25) is 4.90 Å². The molecule has 25 heavy (non-hydrogen) atoms. The smallest absolute Gasteiger partial charge is 0.238 e. The molecule has 6 nitrogen and oxygen atoms in total. The molecule has 1 aliphatic heterocycles. The summed E-state index contributed by atoms with van der Waals surface area (Å²) < 4.78 is 47.3. The molecule has 2 N–H and O–H groups in total. The van der Waals surface area contributed by atoms with Gasteiger partial charge in [-0.15, -0.1) is 0 Å². The minimum absolute atomic E-state index is 0.0413. The SMILES string of the molecule is CC(CS(C)(=O)=O)[C@](C)(c1cccc(S(N)(=O)=O)c1)N1CCCCC1. The van der Waals surface area contributed by atoms with Crippen LogP contribution in [0, 0.1) is 5.92 Å². The monoisotopic (exact) mass is 388 g/mol. The summed E-state index contributed by atoms with van der Waals surface area (Å²) in [5.74, 6) is -0.157. The predicted octanol–water partition coefficient (Wildman–Crippen LogP) is 1.72. The number of hydrogen-bond donors (Lipinski definition) is 1. The Kier molecular flexibility index (Phi) is 5.98. The fraction of sp³-hybridized carbons (Fsp3) is 0.647. The molecule has 0 radical (unpaired) electrons. The van der Waals surface area contributed by atoms with Crippen molar-refractivity contribution in [1.82, 2.24) is 4.90 Å². The molecule has 1 saturated heterocycles. The summed E-state index contributed by atoms with van der Waals surface area (Å²) in [6.07, 6.45) is 4.50.